The number of nitrogens with one attached hydrogen (secondary N) is 1. The topological polar surface area (TPSA) is 62.1 Å². The number of carbonyl (C=O) groups excluding carboxylic acids is 1. The standard InChI is InChI=1S/C13H22N2O2/c1-4-11-5-7-13(9-14,8-6-11)15-12(16)10(2)17-3/h10-11H,4-8H2,1-3H3,(H,15,16). The maximum Gasteiger partial charge on any atom is 0.250 e. The molecule has 4 nitrogen and oxygen atoms in total. The summed E-state index contributed by atoms with van der Waals surface area (Å²) in [6.07, 6.45) is 4.21. The quantitative estimate of drug-likeness (QED) is 0.814. The minimum Gasteiger partial charge on any atom is -0.372 e. The van der Waals surface area contributed by atoms with Crippen LogP contribution in [-0.4, -0.2) is 24.7 Å². The summed E-state index contributed by atoms with van der Waals surface area (Å²) in [5, 5.41) is 12.2. The van der Waals surface area contributed by atoms with E-state index in [-0.39, 0.29) is 5.91 Å². The first-order valence-electron chi connectivity index (χ1n) is 6.33. The zero-order valence-electron chi connectivity index (χ0n) is 11.0. The first-order chi connectivity index (χ1) is 8.06. The minimum atomic E-state index is -0.671. The molecule has 17 heavy (non-hydrogen) atoms. The maximum absolute atomic E-state index is 11.8. The number of amides is 1. The van der Waals surface area contributed by atoms with Crippen LogP contribution >= 0.6 is 0 Å². The number of carbonyl (C=O) groups is 1. The summed E-state index contributed by atoms with van der Waals surface area (Å²) in [5.41, 5.74) is -0.671. The van der Waals surface area contributed by atoms with E-state index in [1.54, 1.807) is 6.92 Å². The van der Waals surface area contributed by atoms with Crippen LogP contribution in [0.25, 0.3) is 0 Å². The van der Waals surface area contributed by atoms with Gasteiger partial charge in [0.05, 0.1) is 6.07 Å². The Labute approximate surface area is 103 Å². The summed E-state index contributed by atoms with van der Waals surface area (Å²) < 4.78 is 4.96. The highest BCUT2D eigenvalue weighted by Gasteiger charge is 2.37. The van der Waals surface area contributed by atoms with Gasteiger partial charge in [0.15, 0.2) is 0 Å². The van der Waals surface area contributed by atoms with Gasteiger partial charge in [-0.2, -0.15) is 5.26 Å². The van der Waals surface area contributed by atoms with Gasteiger partial charge >= 0.3 is 0 Å². The van der Waals surface area contributed by atoms with Gasteiger partial charge < -0.3 is 10.1 Å². The van der Waals surface area contributed by atoms with Crippen molar-refractivity contribution in [3.63, 3.8) is 0 Å². The molecule has 0 heterocycles. The Balaban J connectivity index is 2.60. The molecule has 1 aliphatic rings. The fraction of sp³-hybridized carbons (Fsp3) is 0.846. The molecule has 96 valence electrons. The molecule has 0 saturated heterocycles. The summed E-state index contributed by atoms with van der Waals surface area (Å²) >= 11 is 0. The zero-order valence-corrected chi connectivity index (χ0v) is 11.0. The van der Waals surface area contributed by atoms with Crippen molar-refractivity contribution in [2.75, 3.05) is 7.11 Å². The number of hydrogen-bond acceptors (Lipinski definition) is 3. The second-order valence-electron chi connectivity index (χ2n) is 4.91. The van der Waals surface area contributed by atoms with Crippen LogP contribution in [0.15, 0.2) is 0 Å². The van der Waals surface area contributed by atoms with Crippen molar-refractivity contribution in [1.29, 1.82) is 5.26 Å². The van der Waals surface area contributed by atoms with Crippen LogP contribution in [0.4, 0.5) is 0 Å². The monoisotopic (exact) mass is 238 g/mol. The highest BCUT2D eigenvalue weighted by molar-refractivity contribution is 5.81. The Hall–Kier alpha value is -1.08. The first-order valence-corrected chi connectivity index (χ1v) is 6.33. The van der Waals surface area contributed by atoms with Crippen molar-refractivity contribution in [1.82, 2.24) is 5.32 Å². The van der Waals surface area contributed by atoms with Crippen LogP contribution < -0.4 is 5.32 Å². The third kappa shape index (κ3) is 3.44. The van der Waals surface area contributed by atoms with Crippen LogP contribution in [0, 0.1) is 17.2 Å². The number of hydrogen-bond donors (Lipinski definition) is 1. The van der Waals surface area contributed by atoms with Gasteiger partial charge in [0.25, 0.3) is 0 Å². The molecule has 0 aromatic rings. The van der Waals surface area contributed by atoms with Gasteiger partial charge in [-0.05, 0) is 38.5 Å². The van der Waals surface area contributed by atoms with Crippen molar-refractivity contribution >= 4 is 5.91 Å². The van der Waals surface area contributed by atoms with Gasteiger partial charge in [-0.3, -0.25) is 4.79 Å². The van der Waals surface area contributed by atoms with Gasteiger partial charge in [-0.25, -0.2) is 0 Å². The van der Waals surface area contributed by atoms with Crippen molar-refractivity contribution < 1.29 is 9.53 Å². The molecule has 0 bridgehead atoms. The van der Waals surface area contributed by atoms with Gasteiger partial charge in [-0.15, -0.1) is 0 Å². The molecule has 1 aliphatic carbocycles. The van der Waals surface area contributed by atoms with Crippen molar-refractivity contribution in [2.24, 2.45) is 5.92 Å². The smallest absolute Gasteiger partial charge is 0.250 e. The molecule has 1 fully saturated rings. The molecular formula is C13H22N2O2. The lowest BCUT2D eigenvalue weighted by atomic mass is 9.76. The average Bonchev–Trinajstić information content (AvgIpc) is 2.38. The second-order valence-corrected chi connectivity index (χ2v) is 4.91. The summed E-state index contributed by atoms with van der Waals surface area (Å²) in [5.74, 6) is 0.511. The van der Waals surface area contributed by atoms with Crippen molar-refractivity contribution in [2.45, 2.75) is 57.6 Å². The summed E-state index contributed by atoms with van der Waals surface area (Å²) in [4.78, 5) is 11.8. The van der Waals surface area contributed by atoms with Crippen molar-refractivity contribution in [3.05, 3.63) is 0 Å². The second kappa shape index (κ2) is 6.02. The maximum atomic E-state index is 11.8. The average molecular weight is 238 g/mol. The minimum absolute atomic E-state index is 0.191. The predicted molar refractivity (Wildman–Crippen MR) is 65.2 cm³/mol. The van der Waals surface area contributed by atoms with E-state index in [0.29, 0.717) is 5.92 Å². The Bertz CT molecular complexity index is 301. The van der Waals surface area contributed by atoms with E-state index in [4.69, 9.17) is 4.74 Å². The van der Waals surface area contributed by atoms with Crippen LogP contribution in [0.1, 0.15) is 46.0 Å². The zero-order chi connectivity index (χ0) is 12.9. The van der Waals surface area contributed by atoms with E-state index in [2.05, 4.69) is 18.3 Å². The summed E-state index contributed by atoms with van der Waals surface area (Å²) in [6, 6.07) is 2.28. The van der Waals surface area contributed by atoms with E-state index in [1.165, 1.54) is 7.11 Å². The predicted octanol–water partition coefficient (Wildman–Crippen LogP) is 2.00. The highest BCUT2D eigenvalue weighted by Crippen LogP contribution is 2.33. The van der Waals surface area contributed by atoms with Gasteiger partial charge in [0, 0.05) is 7.11 Å². The van der Waals surface area contributed by atoms with E-state index < -0.39 is 11.6 Å². The number of methoxy groups -OCH3 is 1. The molecule has 1 atom stereocenters. The van der Waals surface area contributed by atoms with Gasteiger partial charge in [-0.1, -0.05) is 13.3 Å². The molecule has 1 rings (SSSR count). The highest BCUT2D eigenvalue weighted by atomic mass is 16.5. The Morgan fingerprint density at radius 1 is 1.59 bits per heavy atom. The molecule has 1 saturated carbocycles. The van der Waals surface area contributed by atoms with Crippen LogP contribution in [0.2, 0.25) is 0 Å². The largest absolute Gasteiger partial charge is 0.372 e. The van der Waals surface area contributed by atoms with Crippen LogP contribution in [-0.2, 0) is 9.53 Å². The van der Waals surface area contributed by atoms with E-state index in [9.17, 15) is 10.1 Å². The Kier molecular flexibility index (Phi) is 4.95. The van der Waals surface area contributed by atoms with Crippen molar-refractivity contribution in [3.8, 4) is 6.07 Å². The third-order valence-electron chi connectivity index (χ3n) is 3.84. The SMILES string of the molecule is CCC1CCC(C#N)(NC(=O)C(C)OC)CC1. The molecule has 0 aromatic heterocycles. The number of nitrogens with zero attached hydrogens (tertiary/aromatic N) is 1. The lowest BCUT2D eigenvalue weighted by molar-refractivity contribution is -0.131. The first kappa shape index (κ1) is 14.0. The number of rotatable bonds is 4. The van der Waals surface area contributed by atoms with E-state index in [0.717, 1.165) is 32.1 Å². The molecule has 0 radical (unpaired) electrons. The summed E-state index contributed by atoms with van der Waals surface area (Å²) in [7, 11) is 1.50. The van der Waals surface area contributed by atoms with Crippen LogP contribution in [0.5, 0.6) is 0 Å². The van der Waals surface area contributed by atoms with Crippen LogP contribution in [0.3, 0.4) is 0 Å². The Morgan fingerprint density at radius 2 is 2.18 bits per heavy atom. The lowest BCUT2D eigenvalue weighted by Gasteiger charge is -2.35. The normalized spacial score (nSPS) is 30.4. The molecule has 1 N–H and O–H groups in total. The molecule has 0 spiro atoms. The van der Waals surface area contributed by atoms with Gasteiger partial charge in [0.1, 0.15) is 11.6 Å². The molecule has 4 heteroatoms. The van der Waals surface area contributed by atoms with E-state index >= 15 is 0 Å². The number of ether oxygens (including phenoxy) is 1. The third-order valence-corrected chi connectivity index (χ3v) is 3.84. The van der Waals surface area contributed by atoms with E-state index in [1.807, 2.05) is 0 Å². The molecule has 0 aliphatic heterocycles. The fourth-order valence-electron chi connectivity index (χ4n) is 2.29. The molecular weight excluding hydrogens is 216 g/mol. The number of nitriles is 1. The molecule has 0 aromatic carbocycles. The Morgan fingerprint density at radius 3 is 2.59 bits per heavy atom. The molecule has 1 unspecified atom stereocenters. The summed E-state index contributed by atoms with van der Waals surface area (Å²) in [6.45, 7) is 3.87. The van der Waals surface area contributed by atoms with Gasteiger partial charge in [0.2, 0.25) is 5.91 Å². The lowest BCUT2D eigenvalue weighted by Crippen LogP contribution is -2.52. The fourth-order valence-corrected chi connectivity index (χ4v) is 2.29. The molecule has 1 amide bonds.